The van der Waals surface area contributed by atoms with Gasteiger partial charge < -0.3 is 4.90 Å². The summed E-state index contributed by atoms with van der Waals surface area (Å²) in [7, 11) is 0. The van der Waals surface area contributed by atoms with Crippen LogP contribution in [0.1, 0.15) is 52.4 Å². The topological polar surface area (TPSA) is 3.24 Å². The first-order chi connectivity index (χ1) is 7.20. The van der Waals surface area contributed by atoms with Gasteiger partial charge in [0.1, 0.15) is 0 Å². The van der Waals surface area contributed by atoms with Gasteiger partial charge in [-0.2, -0.15) is 12.6 Å². The van der Waals surface area contributed by atoms with Crippen LogP contribution in [0.2, 0.25) is 0 Å². The number of piperidine rings is 1. The Bertz CT molecular complexity index is 162. The predicted octanol–water partition coefficient (Wildman–Crippen LogP) is 3.60. The second-order valence-electron chi connectivity index (χ2n) is 5.29. The second kappa shape index (κ2) is 6.80. The van der Waals surface area contributed by atoms with Gasteiger partial charge in [0.25, 0.3) is 0 Å². The van der Waals surface area contributed by atoms with Crippen LogP contribution < -0.4 is 0 Å². The quantitative estimate of drug-likeness (QED) is 0.538. The molecule has 0 saturated carbocycles. The van der Waals surface area contributed by atoms with Crippen molar-refractivity contribution in [3.63, 3.8) is 0 Å². The minimum absolute atomic E-state index is 0.640. The molecule has 0 radical (unpaired) electrons. The van der Waals surface area contributed by atoms with Crippen LogP contribution in [-0.4, -0.2) is 30.3 Å². The number of thiol groups is 1. The second-order valence-corrected chi connectivity index (χ2v) is 5.74. The van der Waals surface area contributed by atoms with Crippen LogP contribution in [-0.2, 0) is 0 Å². The fraction of sp³-hybridized carbons (Fsp3) is 1.00. The summed E-state index contributed by atoms with van der Waals surface area (Å²) in [5.41, 5.74) is 0.640. The summed E-state index contributed by atoms with van der Waals surface area (Å²) in [5.74, 6) is 1.05. The lowest BCUT2D eigenvalue weighted by atomic mass is 9.78. The molecule has 1 aliphatic heterocycles. The molecule has 0 spiro atoms. The molecule has 0 atom stereocenters. The Morgan fingerprint density at radius 2 is 1.80 bits per heavy atom. The largest absolute Gasteiger partial charge is 0.303 e. The zero-order valence-electron chi connectivity index (χ0n) is 10.5. The van der Waals surface area contributed by atoms with Crippen molar-refractivity contribution in [2.75, 3.05) is 25.4 Å². The highest BCUT2D eigenvalue weighted by Gasteiger charge is 2.27. The maximum absolute atomic E-state index is 4.24. The SMILES string of the molecule is CCC1(C)CCN(CCCCCS)CC1. The number of rotatable bonds is 6. The minimum Gasteiger partial charge on any atom is -0.303 e. The average molecular weight is 229 g/mol. The van der Waals surface area contributed by atoms with Crippen LogP contribution in [0.15, 0.2) is 0 Å². The molecule has 1 nitrogen and oxygen atoms in total. The third-order valence-corrected chi connectivity index (χ3v) is 4.37. The van der Waals surface area contributed by atoms with Gasteiger partial charge in [-0.05, 0) is 56.5 Å². The van der Waals surface area contributed by atoms with Crippen molar-refractivity contribution >= 4 is 12.6 Å². The average Bonchev–Trinajstić information content (AvgIpc) is 2.27. The normalized spacial score (nSPS) is 21.8. The van der Waals surface area contributed by atoms with E-state index in [1.54, 1.807) is 0 Å². The van der Waals surface area contributed by atoms with Crippen molar-refractivity contribution in [2.24, 2.45) is 5.41 Å². The number of hydrogen-bond donors (Lipinski definition) is 1. The van der Waals surface area contributed by atoms with Crippen LogP contribution >= 0.6 is 12.6 Å². The Hall–Kier alpha value is 0.310. The van der Waals surface area contributed by atoms with Crippen LogP contribution in [0.3, 0.4) is 0 Å². The number of unbranched alkanes of at least 4 members (excludes halogenated alkanes) is 2. The molecule has 1 saturated heterocycles. The van der Waals surface area contributed by atoms with Gasteiger partial charge in [0.15, 0.2) is 0 Å². The van der Waals surface area contributed by atoms with Gasteiger partial charge in [0.2, 0.25) is 0 Å². The molecule has 0 aliphatic carbocycles. The zero-order chi connectivity index (χ0) is 11.1. The molecule has 0 bridgehead atoms. The Morgan fingerprint density at radius 3 is 2.33 bits per heavy atom. The Labute approximate surface area is 101 Å². The Balaban J connectivity index is 2.09. The van der Waals surface area contributed by atoms with Crippen molar-refractivity contribution in [1.29, 1.82) is 0 Å². The number of nitrogens with zero attached hydrogens (tertiary/aromatic N) is 1. The lowest BCUT2D eigenvalue weighted by Crippen LogP contribution is -2.38. The van der Waals surface area contributed by atoms with Gasteiger partial charge in [-0.25, -0.2) is 0 Å². The minimum atomic E-state index is 0.640. The van der Waals surface area contributed by atoms with E-state index in [-0.39, 0.29) is 0 Å². The highest BCUT2D eigenvalue weighted by molar-refractivity contribution is 7.80. The van der Waals surface area contributed by atoms with E-state index < -0.39 is 0 Å². The molecule has 15 heavy (non-hydrogen) atoms. The lowest BCUT2D eigenvalue weighted by molar-refractivity contribution is 0.113. The monoisotopic (exact) mass is 229 g/mol. The summed E-state index contributed by atoms with van der Waals surface area (Å²) >= 11 is 4.24. The summed E-state index contributed by atoms with van der Waals surface area (Å²) in [6.07, 6.45) is 8.14. The fourth-order valence-corrected chi connectivity index (χ4v) is 2.52. The molecule has 1 heterocycles. The molecule has 0 aromatic heterocycles. The van der Waals surface area contributed by atoms with E-state index in [0.29, 0.717) is 5.41 Å². The summed E-state index contributed by atoms with van der Waals surface area (Å²) in [6, 6.07) is 0. The van der Waals surface area contributed by atoms with E-state index in [1.165, 1.54) is 58.2 Å². The van der Waals surface area contributed by atoms with Crippen molar-refractivity contribution in [1.82, 2.24) is 4.90 Å². The number of likely N-dealkylation sites (tertiary alicyclic amines) is 1. The van der Waals surface area contributed by atoms with Crippen LogP contribution in [0.4, 0.5) is 0 Å². The maximum atomic E-state index is 4.24. The van der Waals surface area contributed by atoms with Crippen molar-refractivity contribution < 1.29 is 0 Å². The van der Waals surface area contributed by atoms with E-state index >= 15 is 0 Å². The Kier molecular flexibility index (Phi) is 6.06. The number of hydrogen-bond acceptors (Lipinski definition) is 2. The van der Waals surface area contributed by atoms with Crippen molar-refractivity contribution in [2.45, 2.75) is 52.4 Å². The highest BCUT2D eigenvalue weighted by Crippen LogP contribution is 2.33. The van der Waals surface area contributed by atoms with Gasteiger partial charge in [0, 0.05) is 0 Å². The summed E-state index contributed by atoms with van der Waals surface area (Å²) in [4.78, 5) is 2.65. The van der Waals surface area contributed by atoms with Crippen molar-refractivity contribution in [3.8, 4) is 0 Å². The summed E-state index contributed by atoms with van der Waals surface area (Å²) in [6.45, 7) is 8.75. The molecule has 0 N–H and O–H groups in total. The highest BCUT2D eigenvalue weighted by atomic mass is 32.1. The molecule has 1 rings (SSSR count). The van der Waals surface area contributed by atoms with Gasteiger partial charge in [-0.3, -0.25) is 0 Å². The first kappa shape index (κ1) is 13.4. The molecule has 90 valence electrons. The van der Waals surface area contributed by atoms with Gasteiger partial charge in [-0.15, -0.1) is 0 Å². The van der Waals surface area contributed by atoms with Gasteiger partial charge in [0.05, 0.1) is 0 Å². The molecule has 1 fully saturated rings. The molecular weight excluding hydrogens is 202 g/mol. The summed E-state index contributed by atoms with van der Waals surface area (Å²) in [5, 5.41) is 0. The van der Waals surface area contributed by atoms with E-state index in [1.807, 2.05) is 0 Å². The van der Waals surface area contributed by atoms with Crippen molar-refractivity contribution in [3.05, 3.63) is 0 Å². The van der Waals surface area contributed by atoms with E-state index in [4.69, 9.17) is 0 Å². The third-order valence-electron chi connectivity index (χ3n) is 4.05. The van der Waals surface area contributed by atoms with Crippen LogP contribution in [0.25, 0.3) is 0 Å². The molecule has 0 aromatic rings. The molecular formula is C13H27NS. The molecule has 2 heteroatoms. The fourth-order valence-electron chi connectivity index (χ4n) is 2.29. The summed E-state index contributed by atoms with van der Waals surface area (Å²) < 4.78 is 0. The van der Waals surface area contributed by atoms with Crippen LogP contribution in [0, 0.1) is 5.41 Å². The molecule has 0 unspecified atom stereocenters. The predicted molar refractivity (Wildman–Crippen MR) is 71.8 cm³/mol. The first-order valence-corrected chi connectivity index (χ1v) is 7.17. The zero-order valence-corrected chi connectivity index (χ0v) is 11.4. The standard InChI is InChI=1S/C13H27NS/c1-3-13(2)7-10-14(11-8-13)9-5-4-6-12-15/h15H,3-12H2,1-2H3. The Morgan fingerprint density at radius 1 is 1.13 bits per heavy atom. The van der Waals surface area contributed by atoms with Gasteiger partial charge >= 0.3 is 0 Å². The molecule has 0 aromatic carbocycles. The maximum Gasteiger partial charge on any atom is -0.00135 e. The lowest BCUT2D eigenvalue weighted by Gasteiger charge is -2.39. The van der Waals surface area contributed by atoms with E-state index in [9.17, 15) is 0 Å². The molecule has 0 amide bonds. The smallest absolute Gasteiger partial charge is 0.00135 e. The van der Waals surface area contributed by atoms with Crippen LogP contribution in [0.5, 0.6) is 0 Å². The van der Waals surface area contributed by atoms with E-state index in [2.05, 4.69) is 31.4 Å². The third kappa shape index (κ3) is 4.78. The van der Waals surface area contributed by atoms with E-state index in [0.717, 1.165) is 5.75 Å². The van der Waals surface area contributed by atoms with Gasteiger partial charge in [-0.1, -0.05) is 26.7 Å². The first-order valence-electron chi connectivity index (χ1n) is 6.53. The molecule has 1 aliphatic rings.